The quantitative estimate of drug-likeness (QED) is 0.481. The second-order valence-electron chi connectivity index (χ2n) is 3.99. The van der Waals surface area contributed by atoms with Crippen LogP contribution in [0.25, 0.3) is 0 Å². The van der Waals surface area contributed by atoms with Gasteiger partial charge in [-0.05, 0) is 24.0 Å². The Morgan fingerprint density at radius 2 is 2.05 bits per heavy atom. The van der Waals surface area contributed by atoms with E-state index in [1.54, 1.807) is 18.4 Å². The molecule has 1 aliphatic heterocycles. The van der Waals surface area contributed by atoms with Crippen molar-refractivity contribution in [1.29, 1.82) is 0 Å². The van der Waals surface area contributed by atoms with Gasteiger partial charge in [0.2, 0.25) is 0 Å². The molecule has 0 aliphatic carbocycles. The molecule has 20 heavy (non-hydrogen) atoms. The molecule has 0 saturated carbocycles. The molecular weight excluding hydrogens is 284 g/mol. The predicted molar refractivity (Wildman–Crippen MR) is 69.3 cm³/mol. The van der Waals surface area contributed by atoms with Gasteiger partial charge < -0.3 is 5.11 Å². The van der Waals surface area contributed by atoms with E-state index in [0.717, 1.165) is 4.90 Å². The number of amides is 4. The molecule has 0 aromatic heterocycles. The van der Waals surface area contributed by atoms with E-state index in [-0.39, 0.29) is 12.1 Å². The lowest BCUT2D eigenvalue weighted by Crippen LogP contribution is -2.30. The third-order valence-corrected chi connectivity index (χ3v) is 3.54. The molecule has 104 valence electrons. The Hall–Kier alpha value is -2.35. The monoisotopic (exact) mass is 294 g/mol. The molecule has 0 atom stereocenters. The first kappa shape index (κ1) is 14.1. The first-order valence-corrected chi connectivity index (χ1v) is 6.73. The molecule has 7 nitrogen and oxygen atoms in total. The minimum absolute atomic E-state index is 0.0911. The van der Waals surface area contributed by atoms with Crippen molar-refractivity contribution in [3.05, 3.63) is 29.3 Å². The fraction of sp³-hybridized carbons (Fsp3) is 0.167. The molecule has 1 fully saturated rings. The third kappa shape index (κ3) is 2.50. The Bertz CT molecular complexity index is 628. The molecule has 0 unspecified atom stereocenters. The number of imide groups is 2. The van der Waals surface area contributed by atoms with Crippen LogP contribution in [0, 0.1) is 0 Å². The Labute approximate surface area is 117 Å². The summed E-state index contributed by atoms with van der Waals surface area (Å²) in [4.78, 5) is 46.3. The number of nitrogens with one attached hydrogen (secondary N) is 1. The molecule has 2 rings (SSSR count). The molecule has 1 aliphatic rings. The van der Waals surface area contributed by atoms with E-state index in [1.807, 2.05) is 5.32 Å². The van der Waals surface area contributed by atoms with Gasteiger partial charge in [-0.2, -0.15) is 0 Å². The van der Waals surface area contributed by atoms with Gasteiger partial charge in [0.1, 0.15) is 0 Å². The lowest BCUT2D eigenvalue weighted by molar-refractivity contribution is -0.140. The van der Waals surface area contributed by atoms with E-state index in [4.69, 9.17) is 5.11 Å². The number of hydrogen-bond donors (Lipinski definition) is 2. The number of urea groups is 1. The highest BCUT2D eigenvalue weighted by molar-refractivity contribution is 7.98. The number of thioether (sulfide) groups is 1. The molecular formula is C12H10N2O5S. The zero-order valence-electron chi connectivity index (χ0n) is 10.4. The maximum absolute atomic E-state index is 11.4. The summed E-state index contributed by atoms with van der Waals surface area (Å²) in [6, 6.07) is 3.80. The zero-order valence-corrected chi connectivity index (χ0v) is 11.2. The minimum Gasteiger partial charge on any atom is -0.478 e. The van der Waals surface area contributed by atoms with Gasteiger partial charge in [0.15, 0.2) is 0 Å². The Morgan fingerprint density at radius 1 is 1.35 bits per heavy atom. The molecule has 0 spiro atoms. The van der Waals surface area contributed by atoms with Gasteiger partial charge in [0, 0.05) is 4.90 Å². The number of carbonyl (C=O) groups excluding carboxylic acids is 3. The van der Waals surface area contributed by atoms with Crippen LogP contribution in [0.5, 0.6) is 0 Å². The first-order chi connectivity index (χ1) is 9.43. The molecule has 1 aromatic rings. The average Bonchev–Trinajstić information content (AvgIpc) is 2.65. The number of benzene rings is 1. The number of carboxylic acid groups (broad SMARTS) is 1. The van der Waals surface area contributed by atoms with Crippen LogP contribution in [0.1, 0.15) is 15.9 Å². The highest BCUT2D eigenvalue weighted by Gasteiger charge is 2.36. The second kappa shape index (κ2) is 5.33. The van der Waals surface area contributed by atoms with Crippen LogP contribution < -0.4 is 5.32 Å². The smallest absolute Gasteiger partial charge is 0.336 e. The maximum Gasteiger partial charge on any atom is 0.336 e. The van der Waals surface area contributed by atoms with Crippen molar-refractivity contribution in [3.63, 3.8) is 0 Å². The largest absolute Gasteiger partial charge is 0.478 e. The molecule has 1 saturated heterocycles. The van der Waals surface area contributed by atoms with Crippen molar-refractivity contribution in [1.82, 2.24) is 10.2 Å². The average molecular weight is 294 g/mol. The van der Waals surface area contributed by atoms with Gasteiger partial charge in [0.05, 0.1) is 12.1 Å². The summed E-state index contributed by atoms with van der Waals surface area (Å²) >= 11 is 1.28. The summed E-state index contributed by atoms with van der Waals surface area (Å²) in [7, 11) is 0. The lowest BCUT2D eigenvalue weighted by Gasteiger charge is -2.12. The Balaban J connectivity index is 2.29. The van der Waals surface area contributed by atoms with Crippen molar-refractivity contribution >= 4 is 35.6 Å². The van der Waals surface area contributed by atoms with Crippen molar-refractivity contribution in [3.8, 4) is 0 Å². The highest BCUT2D eigenvalue weighted by atomic mass is 32.2. The standard InChI is InChI=1S/C12H10N2O5S/c1-20-8-3-2-6(4-7(8)11(17)18)5-14-10(16)9(15)13-12(14)19/h2-4H,5H2,1H3,(H,17,18)(H,13,15,19). The van der Waals surface area contributed by atoms with Crippen LogP contribution >= 0.6 is 11.8 Å². The SMILES string of the molecule is CSc1ccc(CN2C(=O)NC(=O)C2=O)cc1C(=O)O. The fourth-order valence-corrected chi connectivity index (χ4v) is 2.35. The topological polar surface area (TPSA) is 104 Å². The van der Waals surface area contributed by atoms with Gasteiger partial charge in [-0.1, -0.05) is 6.07 Å². The third-order valence-electron chi connectivity index (χ3n) is 2.74. The molecule has 1 heterocycles. The minimum atomic E-state index is -1.09. The molecule has 8 heteroatoms. The number of carboxylic acids is 1. The molecule has 0 radical (unpaired) electrons. The van der Waals surface area contributed by atoms with Crippen LogP contribution in [0.15, 0.2) is 23.1 Å². The van der Waals surface area contributed by atoms with Gasteiger partial charge in [0.25, 0.3) is 0 Å². The molecule has 2 N–H and O–H groups in total. The highest BCUT2D eigenvalue weighted by Crippen LogP contribution is 2.22. The summed E-state index contributed by atoms with van der Waals surface area (Å²) in [5, 5.41) is 11.0. The Morgan fingerprint density at radius 3 is 2.55 bits per heavy atom. The Kier molecular flexibility index (Phi) is 3.75. The number of carbonyl (C=O) groups is 4. The molecule has 1 aromatic carbocycles. The molecule has 0 bridgehead atoms. The predicted octanol–water partition coefficient (Wildman–Crippen LogP) is 0.685. The van der Waals surface area contributed by atoms with Crippen LogP contribution in [0.4, 0.5) is 4.79 Å². The summed E-state index contributed by atoms with van der Waals surface area (Å²) in [6.07, 6.45) is 1.75. The van der Waals surface area contributed by atoms with E-state index >= 15 is 0 Å². The number of nitrogens with zero attached hydrogens (tertiary/aromatic N) is 1. The van der Waals surface area contributed by atoms with Crippen molar-refractivity contribution < 1.29 is 24.3 Å². The van der Waals surface area contributed by atoms with E-state index in [9.17, 15) is 19.2 Å². The van der Waals surface area contributed by atoms with Gasteiger partial charge in [-0.3, -0.25) is 19.8 Å². The number of aromatic carboxylic acids is 1. The molecule has 4 amide bonds. The normalized spacial score (nSPS) is 14.7. The van der Waals surface area contributed by atoms with Crippen molar-refractivity contribution in [2.45, 2.75) is 11.4 Å². The van der Waals surface area contributed by atoms with Crippen LogP contribution in [0.3, 0.4) is 0 Å². The van der Waals surface area contributed by atoms with Crippen molar-refractivity contribution in [2.75, 3.05) is 6.26 Å². The summed E-state index contributed by atoms with van der Waals surface area (Å²) in [5.74, 6) is -3.01. The van der Waals surface area contributed by atoms with E-state index < -0.39 is 23.8 Å². The van der Waals surface area contributed by atoms with Crippen molar-refractivity contribution in [2.24, 2.45) is 0 Å². The summed E-state index contributed by atoms with van der Waals surface area (Å²) in [6.45, 7) is -0.147. The van der Waals surface area contributed by atoms with Gasteiger partial charge in [-0.25, -0.2) is 9.59 Å². The lowest BCUT2D eigenvalue weighted by atomic mass is 10.1. The van der Waals surface area contributed by atoms with E-state index in [1.165, 1.54) is 17.8 Å². The number of hydrogen-bond acceptors (Lipinski definition) is 5. The summed E-state index contributed by atoms with van der Waals surface area (Å²) < 4.78 is 0. The first-order valence-electron chi connectivity index (χ1n) is 5.51. The van der Waals surface area contributed by atoms with Crippen LogP contribution in [0.2, 0.25) is 0 Å². The van der Waals surface area contributed by atoms with Crippen LogP contribution in [-0.4, -0.2) is 40.1 Å². The fourth-order valence-electron chi connectivity index (χ4n) is 1.78. The second-order valence-corrected chi connectivity index (χ2v) is 4.84. The van der Waals surface area contributed by atoms with Crippen LogP contribution in [-0.2, 0) is 16.1 Å². The van der Waals surface area contributed by atoms with E-state index in [0.29, 0.717) is 10.5 Å². The zero-order chi connectivity index (χ0) is 14.9. The van der Waals surface area contributed by atoms with Gasteiger partial charge in [-0.15, -0.1) is 11.8 Å². The van der Waals surface area contributed by atoms with E-state index in [2.05, 4.69) is 0 Å². The van der Waals surface area contributed by atoms with Gasteiger partial charge >= 0.3 is 23.8 Å². The summed E-state index contributed by atoms with van der Waals surface area (Å²) in [5.41, 5.74) is 0.548. The number of rotatable bonds is 4. The maximum atomic E-state index is 11.4.